The molecule has 2 unspecified atom stereocenters. The van der Waals surface area contributed by atoms with Gasteiger partial charge in [-0.2, -0.15) is 0 Å². The number of piperidine rings is 1. The number of hydrogen-bond donors (Lipinski definition) is 2. The second-order valence-corrected chi connectivity index (χ2v) is 5.36. The second-order valence-electron chi connectivity index (χ2n) is 4.57. The SMILES string of the molecule is CC1NCCCC1NC(=O)c1cccc(F)c1Br. The maximum atomic E-state index is 13.4. The highest BCUT2D eigenvalue weighted by atomic mass is 79.9. The molecule has 1 aromatic carbocycles. The fraction of sp³-hybridized carbons (Fsp3) is 0.462. The van der Waals surface area contributed by atoms with Gasteiger partial charge in [-0.15, -0.1) is 0 Å². The van der Waals surface area contributed by atoms with Gasteiger partial charge in [-0.25, -0.2) is 4.39 Å². The molecule has 2 rings (SSSR count). The molecule has 1 saturated heterocycles. The van der Waals surface area contributed by atoms with Gasteiger partial charge in [0.2, 0.25) is 0 Å². The number of halogens is 2. The minimum absolute atomic E-state index is 0.0985. The van der Waals surface area contributed by atoms with E-state index < -0.39 is 5.82 Å². The van der Waals surface area contributed by atoms with E-state index in [1.807, 2.05) is 6.92 Å². The number of carbonyl (C=O) groups is 1. The van der Waals surface area contributed by atoms with Crippen LogP contribution in [0.25, 0.3) is 0 Å². The summed E-state index contributed by atoms with van der Waals surface area (Å²) in [6.07, 6.45) is 1.99. The van der Waals surface area contributed by atoms with E-state index in [9.17, 15) is 9.18 Å². The molecular weight excluding hydrogens is 299 g/mol. The molecule has 1 heterocycles. The van der Waals surface area contributed by atoms with Crippen LogP contribution in [0.15, 0.2) is 22.7 Å². The normalized spacial score (nSPS) is 23.7. The van der Waals surface area contributed by atoms with Gasteiger partial charge >= 0.3 is 0 Å². The van der Waals surface area contributed by atoms with Crippen molar-refractivity contribution in [3.05, 3.63) is 34.1 Å². The molecule has 5 heteroatoms. The smallest absolute Gasteiger partial charge is 0.252 e. The maximum absolute atomic E-state index is 13.4. The summed E-state index contributed by atoms with van der Waals surface area (Å²) in [7, 11) is 0. The average Bonchev–Trinajstić information content (AvgIpc) is 2.35. The molecule has 2 N–H and O–H groups in total. The molecule has 1 aliphatic heterocycles. The van der Waals surface area contributed by atoms with Crippen LogP contribution in [0.3, 0.4) is 0 Å². The summed E-state index contributed by atoms with van der Waals surface area (Å²) in [5.41, 5.74) is 0.341. The summed E-state index contributed by atoms with van der Waals surface area (Å²) in [5, 5.41) is 6.27. The Kier molecular flexibility index (Phi) is 4.35. The predicted molar refractivity (Wildman–Crippen MR) is 72.1 cm³/mol. The molecule has 0 radical (unpaired) electrons. The molecule has 0 spiro atoms. The Morgan fingerprint density at radius 2 is 2.33 bits per heavy atom. The van der Waals surface area contributed by atoms with Crippen molar-refractivity contribution >= 4 is 21.8 Å². The first-order valence-electron chi connectivity index (χ1n) is 6.08. The van der Waals surface area contributed by atoms with Crippen LogP contribution in [0.2, 0.25) is 0 Å². The lowest BCUT2D eigenvalue weighted by Gasteiger charge is -2.30. The molecule has 0 aromatic heterocycles. The summed E-state index contributed by atoms with van der Waals surface area (Å²) < 4.78 is 13.6. The van der Waals surface area contributed by atoms with Crippen LogP contribution in [0, 0.1) is 5.82 Å². The van der Waals surface area contributed by atoms with Gasteiger partial charge in [0.15, 0.2) is 0 Å². The summed E-state index contributed by atoms with van der Waals surface area (Å²) in [6, 6.07) is 4.82. The molecule has 1 aliphatic rings. The molecule has 1 fully saturated rings. The third-order valence-electron chi connectivity index (χ3n) is 3.27. The van der Waals surface area contributed by atoms with Crippen molar-refractivity contribution in [1.29, 1.82) is 0 Å². The van der Waals surface area contributed by atoms with Crippen molar-refractivity contribution in [1.82, 2.24) is 10.6 Å². The Balaban J connectivity index is 2.09. The van der Waals surface area contributed by atoms with E-state index >= 15 is 0 Å². The lowest BCUT2D eigenvalue weighted by molar-refractivity contribution is 0.0918. The molecule has 3 nitrogen and oxygen atoms in total. The topological polar surface area (TPSA) is 41.1 Å². The molecule has 0 bridgehead atoms. The largest absolute Gasteiger partial charge is 0.348 e. The molecule has 1 amide bonds. The van der Waals surface area contributed by atoms with Crippen molar-refractivity contribution < 1.29 is 9.18 Å². The Morgan fingerprint density at radius 1 is 1.56 bits per heavy atom. The standard InChI is InChI=1S/C13H16BrFN2O/c1-8-11(6-3-7-16-8)17-13(18)9-4-2-5-10(15)12(9)14/h2,4-5,8,11,16H,3,6-7H2,1H3,(H,17,18). The summed E-state index contributed by atoms with van der Waals surface area (Å²) in [4.78, 5) is 12.1. The lowest BCUT2D eigenvalue weighted by atomic mass is 9.99. The van der Waals surface area contributed by atoms with E-state index in [1.165, 1.54) is 12.1 Å². The number of rotatable bonds is 2. The number of hydrogen-bond acceptors (Lipinski definition) is 2. The highest BCUT2D eigenvalue weighted by Crippen LogP contribution is 2.21. The molecule has 0 saturated carbocycles. The Labute approximate surface area is 114 Å². The first-order valence-corrected chi connectivity index (χ1v) is 6.87. The Morgan fingerprint density at radius 3 is 3.06 bits per heavy atom. The van der Waals surface area contributed by atoms with E-state index in [0.717, 1.165) is 19.4 Å². The molecule has 98 valence electrons. The number of amides is 1. The number of carbonyl (C=O) groups excluding carboxylic acids is 1. The van der Waals surface area contributed by atoms with Crippen LogP contribution in [0.1, 0.15) is 30.1 Å². The summed E-state index contributed by atoms with van der Waals surface area (Å²) >= 11 is 3.11. The van der Waals surface area contributed by atoms with E-state index in [-0.39, 0.29) is 22.5 Å². The van der Waals surface area contributed by atoms with Gasteiger partial charge in [0.25, 0.3) is 5.91 Å². The minimum atomic E-state index is -0.419. The van der Waals surface area contributed by atoms with E-state index in [2.05, 4.69) is 26.6 Å². The van der Waals surface area contributed by atoms with Crippen LogP contribution in [-0.2, 0) is 0 Å². The van der Waals surface area contributed by atoms with Gasteiger partial charge in [-0.1, -0.05) is 6.07 Å². The van der Waals surface area contributed by atoms with Crippen molar-refractivity contribution in [2.45, 2.75) is 31.8 Å². The van der Waals surface area contributed by atoms with E-state index in [4.69, 9.17) is 0 Å². The highest BCUT2D eigenvalue weighted by Gasteiger charge is 2.23. The van der Waals surface area contributed by atoms with Gasteiger partial charge in [-0.05, 0) is 54.4 Å². The van der Waals surface area contributed by atoms with Gasteiger partial charge in [0, 0.05) is 12.1 Å². The van der Waals surface area contributed by atoms with Crippen LogP contribution in [0.5, 0.6) is 0 Å². The van der Waals surface area contributed by atoms with Gasteiger partial charge in [-0.3, -0.25) is 4.79 Å². The first kappa shape index (κ1) is 13.5. The average molecular weight is 315 g/mol. The lowest BCUT2D eigenvalue weighted by Crippen LogP contribution is -2.51. The number of nitrogens with one attached hydrogen (secondary N) is 2. The maximum Gasteiger partial charge on any atom is 0.252 e. The van der Waals surface area contributed by atoms with E-state index in [1.54, 1.807) is 6.07 Å². The fourth-order valence-electron chi connectivity index (χ4n) is 2.17. The zero-order chi connectivity index (χ0) is 13.1. The van der Waals surface area contributed by atoms with Crippen LogP contribution >= 0.6 is 15.9 Å². The molecule has 18 heavy (non-hydrogen) atoms. The van der Waals surface area contributed by atoms with E-state index in [0.29, 0.717) is 5.56 Å². The fourth-order valence-corrected chi connectivity index (χ4v) is 2.61. The molecule has 1 aromatic rings. The first-order chi connectivity index (χ1) is 8.59. The zero-order valence-electron chi connectivity index (χ0n) is 10.2. The monoisotopic (exact) mass is 314 g/mol. The summed E-state index contributed by atoms with van der Waals surface area (Å²) in [6.45, 7) is 3.03. The third kappa shape index (κ3) is 2.90. The Hall–Kier alpha value is -0.940. The highest BCUT2D eigenvalue weighted by molar-refractivity contribution is 9.10. The predicted octanol–water partition coefficient (Wildman–Crippen LogP) is 2.46. The van der Waals surface area contributed by atoms with Crippen LogP contribution < -0.4 is 10.6 Å². The van der Waals surface area contributed by atoms with Gasteiger partial charge < -0.3 is 10.6 Å². The molecular formula is C13H16BrFN2O. The minimum Gasteiger partial charge on any atom is -0.348 e. The van der Waals surface area contributed by atoms with Gasteiger partial charge in [0.05, 0.1) is 10.0 Å². The second kappa shape index (κ2) is 5.80. The van der Waals surface area contributed by atoms with Crippen LogP contribution in [0.4, 0.5) is 4.39 Å². The van der Waals surface area contributed by atoms with Crippen molar-refractivity contribution in [2.75, 3.05) is 6.54 Å². The van der Waals surface area contributed by atoms with Crippen molar-refractivity contribution in [3.63, 3.8) is 0 Å². The quantitative estimate of drug-likeness (QED) is 0.880. The molecule has 0 aliphatic carbocycles. The molecule has 2 atom stereocenters. The van der Waals surface area contributed by atoms with Crippen LogP contribution in [-0.4, -0.2) is 24.5 Å². The van der Waals surface area contributed by atoms with Gasteiger partial charge in [0.1, 0.15) is 5.82 Å². The zero-order valence-corrected chi connectivity index (χ0v) is 11.8. The van der Waals surface area contributed by atoms with Crippen molar-refractivity contribution in [3.8, 4) is 0 Å². The van der Waals surface area contributed by atoms with Crippen molar-refractivity contribution in [2.24, 2.45) is 0 Å². The third-order valence-corrected chi connectivity index (χ3v) is 4.08. The number of benzene rings is 1. The Bertz CT molecular complexity index is 453. The summed E-state index contributed by atoms with van der Waals surface area (Å²) in [5.74, 6) is -0.653.